The predicted molar refractivity (Wildman–Crippen MR) is 88.9 cm³/mol. The average molecular weight is 367 g/mol. The van der Waals surface area contributed by atoms with E-state index in [9.17, 15) is 22.8 Å². The van der Waals surface area contributed by atoms with Crippen molar-refractivity contribution in [3.05, 3.63) is 59.7 Å². The number of carbonyl (C=O) groups excluding carboxylic acids is 2. The molecule has 4 N–H and O–H groups in total. The number of anilines is 1. The molecular formula is C17H16F3N3O3. The molecule has 0 spiro atoms. The number of rotatable bonds is 5. The van der Waals surface area contributed by atoms with Crippen LogP contribution in [0.25, 0.3) is 0 Å². The summed E-state index contributed by atoms with van der Waals surface area (Å²) in [6.45, 7) is 0.274. The van der Waals surface area contributed by atoms with E-state index in [-0.39, 0.29) is 30.4 Å². The second kappa shape index (κ2) is 8.24. The molecule has 0 bridgehead atoms. The minimum atomic E-state index is -4.43. The number of phenols is 1. The Bertz CT molecular complexity index is 760. The van der Waals surface area contributed by atoms with Crippen LogP contribution >= 0.6 is 0 Å². The molecule has 0 heterocycles. The van der Waals surface area contributed by atoms with Crippen molar-refractivity contribution >= 4 is 17.6 Å². The molecule has 2 rings (SSSR count). The quantitative estimate of drug-likeness (QED) is 0.613. The van der Waals surface area contributed by atoms with Crippen molar-refractivity contribution in [2.24, 2.45) is 0 Å². The van der Waals surface area contributed by atoms with Crippen LogP contribution in [-0.4, -0.2) is 30.1 Å². The lowest BCUT2D eigenvalue weighted by molar-refractivity contribution is -0.137. The van der Waals surface area contributed by atoms with Crippen molar-refractivity contribution in [1.82, 2.24) is 10.6 Å². The van der Waals surface area contributed by atoms with Gasteiger partial charge in [-0.25, -0.2) is 4.79 Å². The molecular weight excluding hydrogens is 351 g/mol. The molecule has 2 aromatic rings. The molecule has 3 amide bonds. The third-order valence-corrected chi connectivity index (χ3v) is 3.30. The summed E-state index contributed by atoms with van der Waals surface area (Å²) in [5, 5.41) is 16.6. The highest BCUT2D eigenvalue weighted by Crippen LogP contribution is 2.29. The van der Waals surface area contributed by atoms with Crippen molar-refractivity contribution in [3.8, 4) is 5.75 Å². The maximum atomic E-state index is 12.4. The SMILES string of the molecule is O=C(NCCNC(=O)c1ccc(O)cc1)Nc1ccc(C(F)(F)F)cc1. The Morgan fingerprint density at radius 1 is 0.885 bits per heavy atom. The molecule has 0 unspecified atom stereocenters. The summed E-state index contributed by atoms with van der Waals surface area (Å²) in [5.74, 6) is -0.321. The second-order valence-corrected chi connectivity index (χ2v) is 5.26. The first-order chi connectivity index (χ1) is 12.3. The Morgan fingerprint density at radius 2 is 1.46 bits per heavy atom. The largest absolute Gasteiger partial charge is 0.508 e. The molecule has 6 nitrogen and oxygen atoms in total. The molecule has 0 aliphatic rings. The average Bonchev–Trinajstić information content (AvgIpc) is 2.59. The maximum absolute atomic E-state index is 12.4. The highest BCUT2D eigenvalue weighted by Gasteiger charge is 2.29. The van der Waals surface area contributed by atoms with Crippen molar-refractivity contribution in [2.75, 3.05) is 18.4 Å². The van der Waals surface area contributed by atoms with Gasteiger partial charge in [-0.2, -0.15) is 13.2 Å². The van der Waals surface area contributed by atoms with E-state index in [0.29, 0.717) is 5.56 Å². The molecule has 0 atom stereocenters. The number of hydrogen-bond acceptors (Lipinski definition) is 3. The Kier molecular flexibility index (Phi) is 6.05. The molecule has 0 radical (unpaired) electrons. The number of alkyl halides is 3. The summed E-state index contributed by atoms with van der Waals surface area (Å²) in [6.07, 6.45) is -4.43. The first-order valence-electron chi connectivity index (χ1n) is 7.55. The van der Waals surface area contributed by atoms with Crippen LogP contribution in [0.15, 0.2) is 48.5 Å². The van der Waals surface area contributed by atoms with Crippen LogP contribution in [0.1, 0.15) is 15.9 Å². The lowest BCUT2D eigenvalue weighted by Gasteiger charge is -2.10. The molecule has 0 aliphatic heterocycles. The van der Waals surface area contributed by atoms with E-state index < -0.39 is 17.8 Å². The number of amides is 3. The van der Waals surface area contributed by atoms with E-state index in [0.717, 1.165) is 24.3 Å². The van der Waals surface area contributed by atoms with Gasteiger partial charge in [-0.3, -0.25) is 4.79 Å². The van der Waals surface area contributed by atoms with E-state index in [2.05, 4.69) is 16.0 Å². The maximum Gasteiger partial charge on any atom is 0.416 e. The van der Waals surface area contributed by atoms with E-state index in [4.69, 9.17) is 5.11 Å². The van der Waals surface area contributed by atoms with Gasteiger partial charge in [0.2, 0.25) is 0 Å². The van der Waals surface area contributed by atoms with Crippen LogP contribution in [0, 0.1) is 0 Å². The van der Waals surface area contributed by atoms with Crippen LogP contribution in [0.3, 0.4) is 0 Å². The van der Waals surface area contributed by atoms with Crippen molar-refractivity contribution < 1.29 is 27.9 Å². The van der Waals surface area contributed by atoms with Crippen LogP contribution < -0.4 is 16.0 Å². The smallest absolute Gasteiger partial charge is 0.416 e. The fourth-order valence-corrected chi connectivity index (χ4v) is 1.98. The van der Waals surface area contributed by atoms with Gasteiger partial charge in [-0.05, 0) is 48.5 Å². The zero-order chi connectivity index (χ0) is 19.2. The third kappa shape index (κ3) is 5.69. The number of urea groups is 1. The molecule has 0 fully saturated rings. The topological polar surface area (TPSA) is 90.5 Å². The molecule has 0 aromatic heterocycles. The normalized spacial score (nSPS) is 10.9. The monoisotopic (exact) mass is 367 g/mol. The fourth-order valence-electron chi connectivity index (χ4n) is 1.98. The van der Waals surface area contributed by atoms with Crippen molar-refractivity contribution in [2.45, 2.75) is 6.18 Å². The minimum Gasteiger partial charge on any atom is -0.508 e. The molecule has 26 heavy (non-hydrogen) atoms. The van der Waals surface area contributed by atoms with Gasteiger partial charge in [0.1, 0.15) is 5.75 Å². The van der Waals surface area contributed by atoms with Crippen LogP contribution in [0.5, 0.6) is 5.75 Å². The highest BCUT2D eigenvalue weighted by atomic mass is 19.4. The van der Waals surface area contributed by atoms with Crippen LogP contribution in [0.4, 0.5) is 23.7 Å². The third-order valence-electron chi connectivity index (χ3n) is 3.30. The number of phenolic OH excluding ortho intramolecular Hbond substituents is 1. The zero-order valence-electron chi connectivity index (χ0n) is 13.4. The lowest BCUT2D eigenvalue weighted by atomic mass is 10.2. The van der Waals surface area contributed by atoms with Crippen LogP contribution in [-0.2, 0) is 6.18 Å². The lowest BCUT2D eigenvalue weighted by Crippen LogP contribution is -2.36. The zero-order valence-corrected chi connectivity index (χ0v) is 13.4. The van der Waals surface area contributed by atoms with Gasteiger partial charge in [0, 0.05) is 24.3 Å². The Hall–Kier alpha value is -3.23. The van der Waals surface area contributed by atoms with E-state index >= 15 is 0 Å². The number of aromatic hydroxyl groups is 1. The first-order valence-corrected chi connectivity index (χ1v) is 7.55. The summed E-state index contributed by atoms with van der Waals surface area (Å²) in [6, 6.07) is 9.09. The Labute approximate surface area is 147 Å². The first kappa shape index (κ1) is 19.1. The van der Waals surface area contributed by atoms with E-state index in [1.165, 1.54) is 24.3 Å². The van der Waals surface area contributed by atoms with E-state index in [1.807, 2.05) is 0 Å². The minimum absolute atomic E-state index is 0.0446. The number of hydrogen-bond donors (Lipinski definition) is 4. The van der Waals surface area contributed by atoms with E-state index in [1.54, 1.807) is 0 Å². The van der Waals surface area contributed by atoms with Gasteiger partial charge in [0.25, 0.3) is 5.91 Å². The van der Waals surface area contributed by atoms with Gasteiger partial charge in [0.15, 0.2) is 0 Å². The summed E-state index contributed by atoms with van der Waals surface area (Å²) in [4.78, 5) is 23.5. The summed E-state index contributed by atoms with van der Waals surface area (Å²) in [5.41, 5.74) is -0.235. The molecule has 9 heteroatoms. The number of benzene rings is 2. The molecule has 0 aliphatic carbocycles. The van der Waals surface area contributed by atoms with Gasteiger partial charge in [-0.1, -0.05) is 0 Å². The standard InChI is InChI=1S/C17H16F3N3O3/c18-17(19,20)12-3-5-13(6-4-12)23-16(26)22-10-9-21-15(25)11-1-7-14(24)8-2-11/h1-8,24H,9-10H2,(H,21,25)(H2,22,23,26). The molecule has 0 saturated carbocycles. The molecule has 138 valence electrons. The highest BCUT2D eigenvalue weighted by molar-refractivity contribution is 5.94. The second-order valence-electron chi connectivity index (χ2n) is 5.26. The fraction of sp³-hybridized carbons (Fsp3) is 0.176. The van der Waals surface area contributed by atoms with Gasteiger partial charge in [-0.15, -0.1) is 0 Å². The Balaban J connectivity index is 1.72. The van der Waals surface area contributed by atoms with Gasteiger partial charge >= 0.3 is 12.2 Å². The predicted octanol–water partition coefficient (Wildman–Crippen LogP) is 2.96. The number of carbonyl (C=O) groups is 2. The van der Waals surface area contributed by atoms with Gasteiger partial charge < -0.3 is 21.1 Å². The number of nitrogens with one attached hydrogen (secondary N) is 3. The van der Waals surface area contributed by atoms with Crippen molar-refractivity contribution in [3.63, 3.8) is 0 Å². The Morgan fingerprint density at radius 3 is 2.04 bits per heavy atom. The molecule has 0 saturated heterocycles. The van der Waals surface area contributed by atoms with Crippen LogP contribution in [0.2, 0.25) is 0 Å². The summed E-state index contributed by atoms with van der Waals surface area (Å²) >= 11 is 0. The van der Waals surface area contributed by atoms with Crippen molar-refractivity contribution in [1.29, 1.82) is 0 Å². The summed E-state index contributed by atoms with van der Waals surface area (Å²) < 4.78 is 37.3. The van der Waals surface area contributed by atoms with Gasteiger partial charge in [0.05, 0.1) is 5.56 Å². The molecule has 2 aromatic carbocycles. The number of halogens is 3. The summed E-state index contributed by atoms with van der Waals surface area (Å²) in [7, 11) is 0.